The van der Waals surface area contributed by atoms with E-state index in [-0.39, 0.29) is 24.0 Å². The molecule has 5 nitrogen and oxygen atoms in total. The van der Waals surface area contributed by atoms with Crippen LogP contribution in [0.15, 0.2) is 28.0 Å². The second-order valence-electron chi connectivity index (χ2n) is 5.51. The van der Waals surface area contributed by atoms with E-state index >= 15 is 0 Å². The topological polar surface area (TPSA) is 50.0 Å². The molecule has 6 heteroatoms. The first-order chi connectivity index (χ1) is 9.31. The molecule has 0 radical (unpaired) electrons. The summed E-state index contributed by atoms with van der Waals surface area (Å²) in [5, 5.41) is 3.40. The van der Waals surface area contributed by atoms with E-state index in [1.807, 2.05) is 13.1 Å². The van der Waals surface area contributed by atoms with Crippen LogP contribution in [-0.4, -0.2) is 44.2 Å². The van der Waals surface area contributed by atoms with Crippen LogP contribution in [0.2, 0.25) is 0 Å². The summed E-state index contributed by atoms with van der Waals surface area (Å²) in [6.45, 7) is 4.69. The third kappa shape index (κ3) is 3.28. The van der Waals surface area contributed by atoms with Crippen LogP contribution in [0.1, 0.15) is 18.4 Å². The van der Waals surface area contributed by atoms with Gasteiger partial charge in [-0.15, -0.1) is 24.0 Å². The number of nitrogens with one attached hydrogen (secondary N) is 1. The Labute approximate surface area is 136 Å². The fraction of sp³-hybridized carbons (Fsp3) is 0.643. The minimum absolute atomic E-state index is 0. The van der Waals surface area contributed by atoms with E-state index in [0.717, 1.165) is 44.4 Å². The number of likely N-dealkylation sites (tertiary alicyclic amines) is 1. The second-order valence-corrected chi connectivity index (χ2v) is 5.51. The molecule has 112 valence electrons. The van der Waals surface area contributed by atoms with Crippen molar-refractivity contribution in [1.29, 1.82) is 0 Å². The highest BCUT2D eigenvalue weighted by Crippen LogP contribution is 2.38. The first-order valence-electron chi connectivity index (χ1n) is 6.86. The van der Waals surface area contributed by atoms with Gasteiger partial charge in [0, 0.05) is 44.3 Å². The smallest absolute Gasteiger partial charge is 0.193 e. The molecule has 0 saturated carbocycles. The SMILES string of the molecule is CN=C(NCc1ccoc1)N1CCC2(CCOC2)C1.I. The van der Waals surface area contributed by atoms with Crippen molar-refractivity contribution in [2.24, 2.45) is 10.4 Å². The third-order valence-electron chi connectivity index (χ3n) is 4.17. The molecule has 1 aromatic rings. The number of guanidine groups is 1. The molecule has 0 aromatic carbocycles. The van der Waals surface area contributed by atoms with Crippen LogP contribution in [0.4, 0.5) is 0 Å². The Bertz CT molecular complexity index is 441. The average molecular weight is 391 g/mol. The molecule has 20 heavy (non-hydrogen) atoms. The summed E-state index contributed by atoms with van der Waals surface area (Å²) in [6, 6.07) is 1.97. The maximum atomic E-state index is 5.56. The molecule has 0 bridgehead atoms. The molecular formula is C14H22IN3O2. The number of aliphatic imine (C=N–C) groups is 1. The van der Waals surface area contributed by atoms with Crippen molar-refractivity contribution in [3.05, 3.63) is 24.2 Å². The Balaban J connectivity index is 0.00000147. The summed E-state index contributed by atoms with van der Waals surface area (Å²) in [5.41, 5.74) is 1.51. The highest BCUT2D eigenvalue weighted by Gasteiger charge is 2.42. The Morgan fingerprint density at radius 1 is 1.50 bits per heavy atom. The largest absolute Gasteiger partial charge is 0.472 e. The Morgan fingerprint density at radius 3 is 3.05 bits per heavy atom. The second kappa shape index (κ2) is 6.80. The van der Waals surface area contributed by atoms with E-state index < -0.39 is 0 Å². The summed E-state index contributed by atoms with van der Waals surface area (Å²) in [6.07, 6.45) is 5.85. The number of halogens is 1. The van der Waals surface area contributed by atoms with Crippen molar-refractivity contribution in [1.82, 2.24) is 10.2 Å². The van der Waals surface area contributed by atoms with Crippen molar-refractivity contribution in [2.45, 2.75) is 19.4 Å². The zero-order valence-electron chi connectivity index (χ0n) is 11.8. The predicted molar refractivity (Wildman–Crippen MR) is 88.4 cm³/mol. The minimum Gasteiger partial charge on any atom is -0.472 e. The van der Waals surface area contributed by atoms with Gasteiger partial charge in [-0.1, -0.05) is 0 Å². The molecule has 2 fully saturated rings. The molecule has 1 atom stereocenters. The van der Waals surface area contributed by atoms with Crippen molar-refractivity contribution in [3.8, 4) is 0 Å². The van der Waals surface area contributed by atoms with E-state index in [2.05, 4.69) is 15.2 Å². The van der Waals surface area contributed by atoms with Crippen LogP contribution in [0.25, 0.3) is 0 Å². The monoisotopic (exact) mass is 391 g/mol. The number of ether oxygens (including phenoxy) is 1. The van der Waals surface area contributed by atoms with Gasteiger partial charge < -0.3 is 19.4 Å². The molecule has 2 aliphatic heterocycles. The van der Waals surface area contributed by atoms with Crippen LogP contribution >= 0.6 is 24.0 Å². The van der Waals surface area contributed by atoms with Crippen molar-refractivity contribution >= 4 is 29.9 Å². The highest BCUT2D eigenvalue weighted by molar-refractivity contribution is 14.0. The first kappa shape index (κ1) is 15.6. The molecule has 2 saturated heterocycles. The lowest BCUT2D eigenvalue weighted by Gasteiger charge is -2.24. The Hall–Kier alpha value is -0.760. The summed E-state index contributed by atoms with van der Waals surface area (Å²) < 4.78 is 10.6. The number of hydrogen-bond donors (Lipinski definition) is 1. The summed E-state index contributed by atoms with van der Waals surface area (Å²) in [5.74, 6) is 0.977. The summed E-state index contributed by atoms with van der Waals surface area (Å²) in [7, 11) is 1.84. The quantitative estimate of drug-likeness (QED) is 0.477. The van der Waals surface area contributed by atoms with Gasteiger partial charge in [0.1, 0.15) is 0 Å². The van der Waals surface area contributed by atoms with Gasteiger partial charge in [-0.05, 0) is 18.9 Å². The van der Waals surface area contributed by atoms with Gasteiger partial charge in [0.05, 0.1) is 19.1 Å². The number of nitrogens with zero attached hydrogens (tertiary/aromatic N) is 2. The van der Waals surface area contributed by atoms with Crippen LogP contribution in [0.5, 0.6) is 0 Å². The van der Waals surface area contributed by atoms with Crippen molar-refractivity contribution in [3.63, 3.8) is 0 Å². The fourth-order valence-electron chi connectivity index (χ4n) is 2.99. The lowest BCUT2D eigenvalue weighted by atomic mass is 9.87. The standard InChI is InChI=1S/C14H21N3O2.HI/c1-15-13(16-8-12-2-6-18-9-12)17-5-3-14(10-17)4-7-19-11-14;/h2,6,9H,3-5,7-8,10-11H2,1H3,(H,15,16);1H. The van der Waals surface area contributed by atoms with Gasteiger partial charge in [-0.25, -0.2) is 0 Å². The van der Waals surface area contributed by atoms with Gasteiger partial charge in [0.15, 0.2) is 5.96 Å². The average Bonchev–Trinajstić information content (AvgIpc) is 3.15. The van der Waals surface area contributed by atoms with Crippen LogP contribution in [-0.2, 0) is 11.3 Å². The van der Waals surface area contributed by atoms with E-state index in [1.165, 1.54) is 12.8 Å². The van der Waals surface area contributed by atoms with Gasteiger partial charge in [0.2, 0.25) is 0 Å². The number of furan rings is 1. The highest BCUT2D eigenvalue weighted by atomic mass is 127. The molecule has 0 amide bonds. The lowest BCUT2D eigenvalue weighted by Crippen LogP contribution is -2.41. The summed E-state index contributed by atoms with van der Waals surface area (Å²) in [4.78, 5) is 6.73. The lowest BCUT2D eigenvalue weighted by molar-refractivity contribution is 0.156. The van der Waals surface area contributed by atoms with Crippen molar-refractivity contribution in [2.75, 3.05) is 33.4 Å². The fourth-order valence-corrected chi connectivity index (χ4v) is 2.99. The zero-order chi connectivity index (χ0) is 13.1. The normalized spacial score (nSPS) is 26.1. The van der Waals surface area contributed by atoms with Gasteiger partial charge in [-0.3, -0.25) is 4.99 Å². The molecule has 1 N–H and O–H groups in total. The number of hydrogen-bond acceptors (Lipinski definition) is 3. The molecule has 3 rings (SSSR count). The molecule has 1 spiro atoms. The van der Waals surface area contributed by atoms with E-state index in [9.17, 15) is 0 Å². The zero-order valence-corrected chi connectivity index (χ0v) is 14.1. The van der Waals surface area contributed by atoms with E-state index in [0.29, 0.717) is 5.41 Å². The maximum Gasteiger partial charge on any atom is 0.193 e. The molecule has 1 unspecified atom stereocenters. The molecule has 3 heterocycles. The van der Waals surface area contributed by atoms with E-state index in [4.69, 9.17) is 9.15 Å². The number of rotatable bonds is 2. The van der Waals surface area contributed by atoms with Crippen LogP contribution < -0.4 is 5.32 Å². The molecule has 0 aliphatic carbocycles. The first-order valence-corrected chi connectivity index (χ1v) is 6.86. The van der Waals surface area contributed by atoms with Gasteiger partial charge >= 0.3 is 0 Å². The van der Waals surface area contributed by atoms with Crippen LogP contribution in [0.3, 0.4) is 0 Å². The predicted octanol–water partition coefficient (Wildman–Crippen LogP) is 2.09. The maximum absolute atomic E-state index is 5.56. The van der Waals surface area contributed by atoms with Crippen molar-refractivity contribution < 1.29 is 9.15 Å². The van der Waals surface area contributed by atoms with Gasteiger partial charge in [0.25, 0.3) is 0 Å². The van der Waals surface area contributed by atoms with E-state index in [1.54, 1.807) is 12.5 Å². The third-order valence-corrected chi connectivity index (χ3v) is 4.17. The van der Waals surface area contributed by atoms with Gasteiger partial charge in [-0.2, -0.15) is 0 Å². The Kier molecular flexibility index (Phi) is 5.31. The molecule has 1 aromatic heterocycles. The Morgan fingerprint density at radius 2 is 2.40 bits per heavy atom. The summed E-state index contributed by atoms with van der Waals surface area (Å²) >= 11 is 0. The minimum atomic E-state index is 0. The van der Waals surface area contributed by atoms with Crippen LogP contribution in [0, 0.1) is 5.41 Å². The molecular weight excluding hydrogens is 369 g/mol. The molecule has 2 aliphatic rings.